The molecule has 0 bridgehead atoms. The van der Waals surface area contributed by atoms with E-state index in [2.05, 4.69) is 5.32 Å². The maximum Gasteiger partial charge on any atom is 0.286 e. The van der Waals surface area contributed by atoms with Crippen LogP contribution in [0.25, 0.3) is 0 Å². The first kappa shape index (κ1) is 19.2. The van der Waals surface area contributed by atoms with E-state index in [1.807, 2.05) is 6.07 Å². The van der Waals surface area contributed by atoms with Crippen molar-refractivity contribution < 1.29 is 23.9 Å². The van der Waals surface area contributed by atoms with Crippen molar-refractivity contribution in [1.29, 1.82) is 0 Å². The van der Waals surface area contributed by atoms with Gasteiger partial charge >= 0.3 is 0 Å². The number of hydrogen-bond donors (Lipinski definition) is 1. The molecule has 1 amide bonds. The quantitative estimate of drug-likeness (QED) is 0.572. The van der Waals surface area contributed by atoms with Gasteiger partial charge in [0.15, 0.2) is 11.5 Å². The van der Waals surface area contributed by atoms with Crippen LogP contribution >= 0.6 is 0 Å². The number of nitro benzene ring substituents is 1. The van der Waals surface area contributed by atoms with E-state index >= 15 is 0 Å². The molecular weight excluding hydrogens is 340 g/mol. The molecule has 2 rings (SSSR count). The lowest BCUT2D eigenvalue weighted by Crippen LogP contribution is -2.15. The van der Waals surface area contributed by atoms with Gasteiger partial charge in [-0.05, 0) is 24.6 Å². The first-order chi connectivity index (χ1) is 12.5. The molecule has 8 heteroatoms. The fourth-order valence-electron chi connectivity index (χ4n) is 2.41. The number of amides is 1. The number of ether oxygens (including phenoxy) is 3. The van der Waals surface area contributed by atoms with Gasteiger partial charge in [0.2, 0.25) is 0 Å². The molecule has 138 valence electrons. The van der Waals surface area contributed by atoms with Crippen molar-refractivity contribution in [2.45, 2.75) is 13.5 Å². The highest BCUT2D eigenvalue weighted by atomic mass is 16.6. The Morgan fingerprint density at radius 1 is 1.19 bits per heavy atom. The maximum absolute atomic E-state index is 12.6. The van der Waals surface area contributed by atoms with Crippen LogP contribution in [-0.2, 0) is 11.3 Å². The minimum atomic E-state index is -0.630. The number of nitro groups is 1. The number of nitrogens with zero attached hydrogens (tertiary/aromatic N) is 1. The summed E-state index contributed by atoms with van der Waals surface area (Å²) < 4.78 is 15.6. The molecule has 0 fully saturated rings. The van der Waals surface area contributed by atoms with Crippen molar-refractivity contribution in [2.24, 2.45) is 0 Å². The van der Waals surface area contributed by atoms with Crippen molar-refractivity contribution in [1.82, 2.24) is 0 Å². The Morgan fingerprint density at radius 3 is 2.58 bits per heavy atom. The zero-order valence-corrected chi connectivity index (χ0v) is 14.8. The van der Waals surface area contributed by atoms with Crippen LogP contribution in [0.2, 0.25) is 0 Å². The second kappa shape index (κ2) is 8.82. The predicted molar refractivity (Wildman–Crippen MR) is 95.9 cm³/mol. The summed E-state index contributed by atoms with van der Waals surface area (Å²) in [6, 6.07) is 9.53. The van der Waals surface area contributed by atoms with E-state index in [1.165, 1.54) is 19.2 Å². The zero-order chi connectivity index (χ0) is 19.1. The van der Waals surface area contributed by atoms with E-state index in [1.54, 1.807) is 32.2 Å². The first-order valence-electron chi connectivity index (χ1n) is 7.88. The fourth-order valence-corrected chi connectivity index (χ4v) is 2.41. The van der Waals surface area contributed by atoms with E-state index in [0.29, 0.717) is 18.9 Å². The second-order valence-corrected chi connectivity index (χ2v) is 5.30. The van der Waals surface area contributed by atoms with Gasteiger partial charge in [-0.2, -0.15) is 0 Å². The molecule has 0 aliphatic heterocycles. The average molecular weight is 360 g/mol. The Morgan fingerprint density at radius 2 is 1.96 bits per heavy atom. The minimum Gasteiger partial charge on any atom is -0.493 e. The Labute approximate surface area is 150 Å². The molecule has 0 saturated carbocycles. The van der Waals surface area contributed by atoms with Gasteiger partial charge < -0.3 is 19.5 Å². The van der Waals surface area contributed by atoms with Crippen LogP contribution in [-0.4, -0.2) is 31.7 Å². The van der Waals surface area contributed by atoms with Crippen molar-refractivity contribution in [3.05, 3.63) is 57.6 Å². The topological polar surface area (TPSA) is 99.9 Å². The lowest BCUT2D eigenvalue weighted by atomic mass is 10.1. The van der Waals surface area contributed by atoms with Crippen molar-refractivity contribution >= 4 is 17.3 Å². The first-order valence-corrected chi connectivity index (χ1v) is 7.88. The minimum absolute atomic E-state index is 0.114. The van der Waals surface area contributed by atoms with Crippen molar-refractivity contribution in [2.75, 3.05) is 26.1 Å². The molecule has 0 unspecified atom stereocenters. The molecule has 0 aromatic heterocycles. The van der Waals surface area contributed by atoms with Crippen LogP contribution < -0.4 is 14.8 Å². The normalized spacial score (nSPS) is 10.3. The highest BCUT2D eigenvalue weighted by Crippen LogP contribution is 2.35. The summed E-state index contributed by atoms with van der Waals surface area (Å²) in [6.45, 7) is 2.48. The van der Waals surface area contributed by atoms with E-state index < -0.39 is 10.8 Å². The Hall–Kier alpha value is -3.13. The summed E-state index contributed by atoms with van der Waals surface area (Å²) in [5.74, 6) is -0.161. The van der Waals surface area contributed by atoms with Crippen LogP contribution in [0.15, 0.2) is 36.4 Å². The Kier molecular flexibility index (Phi) is 6.51. The Balaban J connectivity index is 2.38. The number of hydrogen-bond acceptors (Lipinski definition) is 6. The average Bonchev–Trinajstić information content (AvgIpc) is 2.62. The third-order valence-electron chi connectivity index (χ3n) is 3.52. The number of nitrogens with one attached hydrogen (secondary N) is 1. The predicted octanol–water partition coefficient (Wildman–Crippen LogP) is 3.40. The lowest BCUT2D eigenvalue weighted by Gasteiger charge is -2.12. The fraction of sp³-hybridized carbons (Fsp3) is 0.278. The SMILES string of the molecule is CCOc1cc(C(=O)Nc2cccc(COC)c2)c([N+](=O)[O-])cc1OC. The number of methoxy groups -OCH3 is 2. The molecule has 1 N–H and O–H groups in total. The molecule has 0 aliphatic rings. The van der Waals surface area contributed by atoms with Gasteiger partial charge in [-0.15, -0.1) is 0 Å². The Bertz CT molecular complexity index is 806. The molecular formula is C18H20N2O6. The maximum atomic E-state index is 12.6. The number of anilines is 1. The highest BCUT2D eigenvalue weighted by Gasteiger charge is 2.24. The number of carbonyl (C=O) groups excluding carboxylic acids is 1. The van der Waals surface area contributed by atoms with E-state index in [4.69, 9.17) is 14.2 Å². The smallest absolute Gasteiger partial charge is 0.286 e. The number of carbonyl (C=O) groups is 1. The summed E-state index contributed by atoms with van der Waals surface area (Å²) in [5.41, 5.74) is 0.893. The summed E-state index contributed by atoms with van der Waals surface area (Å²) in [6.07, 6.45) is 0. The van der Waals surface area contributed by atoms with E-state index in [-0.39, 0.29) is 22.7 Å². The van der Waals surface area contributed by atoms with Crippen LogP contribution in [0, 0.1) is 10.1 Å². The molecule has 0 spiro atoms. The zero-order valence-electron chi connectivity index (χ0n) is 14.8. The molecule has 0 radical (unpaired) electrons. The van der Waals surface area contributed by atoms with Crippen molar-refractivity contribution in [3.63, 3.8) is 0 Å². The van der Waals surface area contributed by atoms with Gasteiger partial charge in [0.05, 0.1) is 31.3 Å². The number of rotatable bonds is 8. The highest BCUT2D eigenvalue weighted by molar-refractivity contribution is 6.07. The monoisotopic (exact) mass is 360 g/mol. The molecule has 26 heavy (non-hydrogen) atoms. The summed E-state index contributed by atoms with van der Waals surface area (Å²) in [4.78, 5) is 23.4. The molecule has 0 aliphatic carbocycles. The molecule has 0 atom stereocenters. The molecule has 0 heterocycles. The third-order valence-corrected chi connectivity index (χ3v) is 3.52. The van der Waals surface area contributed by atoms with Gasteiger partial charge in [-0.1, -0.05) is 12.1 Å². The summed E-state index contributed by atoms with van der Waals surface area (Å²) in [7, 11) is 2.95. The number of benzene rings is 2. The second-order valence-electron chi connectivity index (χ2n) is 5.30. The van der Waals surface area contributed by atoms with Gasteiger partial charge in [0.25, 0.3) is 11.6 Å². The van der Waals surface area contributed by atoms with Crippen LogP contribution in [0.3, 0.4) is 0 Å². The van der Waals surface area contributed by atoms with Gasteiger partial charge in [-0.25, -0.2) is 0 Å². The van der Waals surface area contributed by atoms with Gasteiger partial charge in [0, 0.05) is 18.9 Å². The van der Waals surface area contributed by atoms with Gasteiger partial charge in [-0.3, -0.25) is 14.9 Å². The molecule has 2 aromatic carbocycles. The van der Waals surface area contributed by atoms with Crippen LogP contribution in [0.1, 0.15) is 22.8 Å². The standard InChI is InChI=1S/C18H20N2O6/c1-4-26-17-9-14(15(20(22)23)10-16(17)25-3)18(21)19-13-7-5-6-12(8-13)11-24-2/h5-10H,4,11H2,1-3H3,(H,19,21). The molecule has 2 aromatic rings. The van der Waals surface area contributed by atoms with E-state index in [0.717, 1.165) is 5.56 Å². The van der Waals surface area contributed by atoms with Crippen LogP contribution in [0.5, 0.6) is 11.5 Å². The van der Waals surface area contributed by atoms with Gasteiger partial charge in [0.1, 0.15) is 5.56 Å². The summed E-state index contributed by atoms with van der Waals surface area (Å²) >= 11 is 0. The summed E-state index contributed by atoms with van der Waals surface area (Å²) in [5, 5.41) is 14.0. The van der Waals surface area contributed by atoms with E-state index in [9.17, 15) is 14.9 Å². The molecule has 0 saturated heterocycles. The third kappa shape index (κ3) is 4.48. The lowest BCUT2D eigenvalue weighted by molar-refractivity contribution is -0.385. The van der Waals surface area contributed by atoms with Crippen molar-refractivity contribution in [3.8, 4) is 11.5 Å². The largest absolute Gasteiger partial charge is 0.493 e. The molecule has 8 nitrogen and oxygen atoms in total. The van der Waals surface area contributed by atoms with Crippen LogP contribution in [0.4, 0.5) is 11.4 Å².